The molecule has 0 spiro atoms. The number of rotatable bonds is 4. The van der Waals surface area contributed by atoms with E-state index in [1.807, 2.05) is 43.0 Å². The maximum Gasteiger partial charge on any atom is 0.410 e. The summed E-state index contributed by atoms with van der Waals surface area (Å²) in [4.78, 5) is 30.1. The molecule has 2 fully saturated rings. The summed E-state index contributed by atoms with van der Waals surface area (Å²) in [5.41, 5.74) is 0.999. The summed E-state index contributed by atoms with van der Waals surface area (Å²) in [6.07, 6.45) is -0.387. The average molecular weight is 366 g/mol. The SMILES string of the molecule is CC(C)C1COC(=O)N1CC(=O)N1CCN(c2ccccc2Cl)CC1. The van der Waals surface area contributed by atoms with Gasteiger partial charge in [-0.2, -0.15) is 0 Å². The van der Waals surface area contributed by atoms with Crippen LogP contribution in [0.15, 0.2) is 24.3 Å². The zero-order valence-electron chi connectivity index (χ0n) is 14.7. The predicted octanol–water partition coefficient (Wildman–Crippen LogP) is 2.47. The molecule has 0 aromatic heterocycles. The van der Waals surface area contributed by atoms with E-state index in [0.29, 0.717) is 19.7 Å². The molecule has 1 atom stereocenters. The molecule has 1 aromatic rings. The van der Waals surface area contributed by atoms with Gasteiger partial charge in [-0.1, -0.05) is 37.6 Å². The molecular formula is C18H24ClN3O3. The van der Waals surface area contributed by atoms with E-state index in [2.05, 4.69) is 4.90 Å². The smallest absolute Gasteiger partial charge is 0.410 e. The molecule has 1 aromatic carbocycles. The minimum atomic E-state index is -0.387. The Hall–Kier alpha value is -1.95. The number of carbonyl (C=O) groups is 2. The van der Waals surface area contributed by atoms with Crippen LogP contribution in [0.3, 0.4) is 0 Å². The summed E-state index contributed by atoms with van der Waals surface area (Å²) < 4.78 is 5.11. The third kappa shape index (κ3) is 3.84. The minimum absolute atomic E-state index is 0.0247. The molecular weight excluding hydrogens is 342 g/mol. The first-order chi connectivity index (χ1) is 12.0. The number of para-hydroxylation sites is 1. The van der Waals surface area contributed by atoms with Gasteiger partial charge in [-0.3, -0.25) is 9.69 Å². The van der Waals surface area contributed by atoms with E-state index >= 15 is 0 Å². The third-order valence-corrected chi connectivity index (χ3v) is 5.23. The molecule has 2 aliphatic rings. The van der Waals surface area contributed by atoms with Crippen molar-refractivity contribution in [1.29, 1.82) is 0 Å². The molecule has 2 aliphatic heterocycles. The average Bonchev–Trinajstić information content (AvgIpc) is 2.96. The highest BCUT2D eigenvalue weighted by Crippen LogP contribution is 2.26. The first-order valence-corrected chi connectivity index (χ1v) is 9.06. The second-order valence-corrected chi connectivity index (χ2v) is 7.24. The van der Waals surface area contributed by atoms with Gasteiger partial charge >= 0.3 is 6.09 Å². The van der Waals surface area contributed by atoms with Gasteiger partial charge in [-0.25, -0.2) is 4.79 Å². The van der Waals surface area contributed by atoms with E-state index in [4.69, 9.17) is 16.3 Å². The van der Waals surface area contributed by atoms with Crippen molar-refractivity contribution in [3.63, 3.8) is 0 Å². The Balaban J connectivity index is 1.57. The highest BCUT2D eigenvalue weighted by molar-refractivity contribution is 6.33. The van der Waals surface area contributed by atoms with Gasteiger partial charge < -0.3 is 14.5 Å². The van der Waals surface area contributed by atoms with E-state index in [9.17, 15) is 9.59 Å². The highest BCUT2D eigenvalue weighted by atomic mass is 35.5. The number of carbonyl (C=O) groups excluding carboxylic acids is 2. The lowest BCUT2D eigenvalue weighted by Crippen LogP contribution is -2.52. The Morgan fingerprint density at radius 3 is 2.56 bits per heavy atom. The number of cyclic esters (lactones) is 1. The maximum absolute atomic E-state index is 12.6. The van der Waals surface area contributed by atoms with Crippen LogP contribution in [-0.2, 0) is 9.53 Å². The first-order valence-electron chi connectivity index (χ1n) is 8.68. The van der Waals surface area contributed by atoms with Crippen molar-refractivity contribution in [2.45, 2.75) is 19.9 Å². The number of hydrogen-bond donors (Lipinski definition) is 0. The van der Waals surface area contributed by atoms with Crippen molar-refractivity contribution in [2.24, 2.45) is 5.92 Å². The predicted molar refractivity (Wildman–Crippen MR) is 96.9 cm³/mol. The molecule has 0 aliphatic carbocycles. The van der Waals surface area contributed by atoms with Crippen LogP contribution < -0.4 is 4.90 Å². The van der Waals surface area contributed by atoms with Gasteiger partial charge in [-0.05, 0) is 18.1 Å². The van der Waals surface area contributed by atoms with Gasteiger partial charge in [0.2, 0.25) is 5.91 Å². The van der Waals surface area contributed by atoms with E-state index in [-0.39, 0.29) is 30.5 Å². The number of halogens is 1. The molecule has 0 bridgehead atoms. The molecule has 0 radical (unpaired) electrons. The second-order valence-electron chi connectivity index (χ2n) is 6.84. The Morgan fingerprint density at radius 2 is 1.92 bits per heavy atom. The monoisotopic (exact) mass is 365 g/mol. The van der Waals surface area contributed by atoms with Crippen molar-refractivity contribution in [3.8, 4) is 0 Å². The summed E-state index contributed by atoms with van der Waals surface area (Å²) >= 11 is 6.25. The van der Waals surface area contributed by atoms with E-state index in [1.54, 1.807) is 4.90 Å². The van der Waals surface area contributed by atoms with Gasteiger partial charge in [0.25, 0.3) is 0 Å². The molecule has 2 heterocycles. The number of nitrogens with zero attached hydrogens (tertiary/aromatic N) is 3. The summed E-state index contributed by atoms with van der Waals surface area (Å²) in [5, 5.41) is 0.724. The Morgan fingerprint density at radius 1 is 1.24 bits per heavy atom. The number of hydrogen-bond acceptors (Lipinski definition) is 4. The normalized spacial score (nSPS) is 21.0. The van der Waals surface area contributed by atoms with Crippen LogP contribution in [0, 0.1) is 5.92 Å². The molecule has 2 amide bonds. The molecule has 3 rings (SSSR count). The van der Waals surface area contributed by atoms with Crippen LogP contribution >= 0.6 is 11.6 Å². The first kappa shape index (κ1) is 17.9. The number of piperazine rings is 1. The summed E-state index contributed by atoms with van der Waals surface area (Å²) in [5.74, 6) is 0.236. The summed E-state index contributed by atoms with van der Waals surface area (Å²) in [6.45, 7) is 7.23. The van der Waals surface area contributed by atoms with Crippen LogP contribution in [0.25, 0.3) is 0 Å². The van der Waals surface area contributed by atoms with Gasteiger partial charge in [0.1, 0.15) is 13.2 Å². The minimum Gasteiger partial charge on any atom is -0.447 e. The van der Waals surface area contributed by atoms with E-state index in [0.717, 1.165) is 23.8 Å². The fourth-order valence-corrected chi connectivity index (χ4v) is 3.61. The van der Waals surface area contributed by atoms with E-state index in [1.165, 1.54) is 0 Å². The van der Waals surface area contributed by atoms with Crippen molar-refractivity contribution in [3.05, 3.63) is 29.3 Å². The molecule has 1 unspecified atom stereocenters. The lowest BCUT2D eigenvalue weighted by atomic mass is 10.0. The highest BCUT2D eigenvalue weighted by Gasteiger charge is 2.37. The molecule has 0 saturated carbocycles. The van der Waals surface area contributed by atoms with Crippen molar-refractivity contribution in [1.82, 2.24) is 9.80 Å². The molecule has 25 heavy (non-hydrogen) atoms. The quantitative estimate of drug-likeness (QED) is 0.822. The van der Waals surface area contributed by atoms with Gasteiger partial charge in [0.05, 0.1) is 16.8 Å². The number of anilines is 1. The van der Waals surface area contributed by atoms with Crippen LogP contribution in [0.2, 0.25) is 5.02 Å². The number of amides is 2. The van der Waals surface area contributed by atoms with Crippen LogP contribution in [0.4, 0.5) is 10.5 Å². The van der Waals surface area contributed by atoms with Crippen LogP contribution in [0.1, 0.15) is 13.8 Å². The lowest BCUT2D eigenvalue weighted by Gasteiger charge is -2.37. The zero-order chi connectivity index (χ0) is 18.0. The zero-order valence-corrected chi connectivity index (χ0v) is 15.4. The number of ether oxygens (including phenoxy) is 1. The molecule has 2 saturated heterocycles. The van der Waals surface area contributed by atoms with Crippen molar-refractivity contribution >= 4 is 29.3 Å². The van der Waals surface area contributed by atoms with Crippen molar-refractivity contribution < 1.29 is 14.3 Å². The fraction of sp³-hybridized carbons (Fsp3) is 0.556. The molecule has 136 valence electrons. The fourth-order valence-electron chi connectivity index (χ4n) is 3.35. The summed E-state index contributed by atoms with van der Waals surface area (Å²) in [7, 11) is 0. The molecule has 7 heteroatoms. The maximum atomic E-state index is 12.6. The van der Waals surface area contributed by atoms with E-state index < -0.39 is 0 Å². The Kier molecular flexibility index (Phi) is 5.37. The third-order valence-electron chi connectivity index (χ3n) is 4.91. The van der Waals surface area contributed by atoms with Gasteiger partial charge in [0.15, 0.2) is 0 Å². The Bertz CT molecular complexity index is 644. The van der Waals surface area contributed by atoms with Gasteiger partial charge in [-0.15, -0.1) is 0 Å². The Labute approximate surface area is 153 Å². The standard InChI is InChI=1S/C18H24ClN3O3/c1-13(2)16-12-25-18(24)22(16)11-17(23)21-9-7-20(8-10-21)15-6-4-3-5-14(15)19/h3-6,13,16H,7-12H2,1-2H3. The number of benzene rings is 1. The molecule has 6 nitrogen and oxygen atoms in total. The van der Waals surface area contributed by atoms with Crippen LogP contribution in [0.5, 0.6) is 0 Å². The lowest BCUT2D eigenvalue weighted by molar-refractivity contribution is -0.132. The van der Waals surface area contributed by atoms with Gasteiger partial charge in [0, 0.05) is 26.2 Å². The molecule has 0 N–H and O–H groups in total. The topological polar surface area (TPSA) is 53.1 Å². The van der Waals surface area contributed by atoms with Crippen LogP contribution in [-0.4, -0.2) is 67.2 Å². The largest absolute Gasteiger partial charge is 0.447 e. The second kappa shape index (κ2) is 7.52. The van der Waals surface area contributed by atoms with Crippen molar-refractivity contribution in [2.75, 3.05) is 44.2 Å². The summed E-state index contributed by atoms with van der Waals surface area (Å²) in [6, 6.07) is 7.71.